The molecule has 1 aromatic rings. The minimum atomic E-state index is -1.12. The third kappa shape index (κ3) is 4.73. The van der Waals surface area contributed by atoms with E-state index < -0.39 is 22.7 Å². The number of amides is 1. The summed E-state index contributed by atoms with van der Waals surface area (Å²) in [7, 11) is -1.05. The van der Waals surface area contributed by atoms with E-state index in [4.69, 9.17) is 5.11 Å². The van der Waals surface area contributed by atoms with E-state index in [0.29, 0.717) is 5.75 Å². The number of aromatic nitrogens is 1. The van der Waals surface area contributed by atoms with Gasteiger partial charge in [0.25, 0.3) is 5.91 Å². The van der Waals surface area contributed by atoms with Crippen molar-refractivity contribution in [2.24, 2.45) is 0 Å². The normalized spacial score (nSPS) is 12.8. The SMILES string of the molecule is CC(C)(C)S(=O)CCNC(=O)c1cc(C(=O)O)ccn1. The van der Waals surface area contributed by atoms with Crippen LogP contribution in [-0.4, -0.2) is 43.2 Å². The Kier molecular flexibility index (Phi) is 5.38. The fraction of sp³-hybridized carbons (Fsp3) is 0.462. The Morgan fingerprint density at radius 3 is 2.60 bits per heavy atom. The van der Waals surface area contributed by atoms with Gasteiger partial charge in [0.05, 0.1) is 5.56 Å². The Hall–Kier alpha value is -1.76. The number of rotatable bonds is 5. The van der Waals surface area contributed by atoms with Gasteiger partial charge in [0, 0.05) is 34.0 Å². The summed E-state index contributed by atoms with van der Waals surface area (Å²) < 4.78 is 11.5. The van der Waals surface area contributed by atoms with Gasteiger partial charge in [-0.1, -0.05) is 0 Å². The van der Waals surface area contributed by atoms with Gasteiger partial charge in [-0.25, -0.2) is 4.79 Å². The lowest BCUT2D eigenvalue weighted by Gasteiger charge is -2.17. The minimum Gasteiger partial charge on any atom is -0.478 e. The van der Waals surface area contributed by atoms with Gasteiger partial charge < -0.3 is 10.4 Å². The molecule has 0 aliphatic rings. The van der Waals surface area contributed by atoms with Crippen molar-refractivity contribution >= 4 is 22.7 Å². The second-order valence-corrected chi connectivity index (χ2v) is 7.48. The summed E-state index contributed by atoms with van der Waals surface area (Å²) in [6, 6.07) is 2.52. The first-order valence-corrected chi connectivity index (χ1v) is 7.39. The molecule has 20 heavy (non-hydrogen) atoms. The number of aromatic carboxylic acids is 1. The minimum absolute atomic E-state index is 0.00316. The summed E-state index contributed by atoms with van der Waals surface area (Å²) in [6.07, 6.45) is 1.27. The quantitative estimate of drug-likeness (QED) is 0.847. The van der Waals surface area contributed by atoms with Crippen molar-refractivity contribution in [3.05, 3.63) is 29.6 Å². The summed E-state index contributed by atoms with van der Waals surface area (Å²) in [5.74, 6) is -1.25. The van der Waals surface area contributed by atoms with E-state index >= 15 is 0 Å². The molecule has 1 rings (SSSR count). The van der Waals surface area contributed by atoms with Crippen molar-refractivity contribution < 1.29 is 18.9 Å². The van der Waals surface area contributed by atoms with Gasteiger partial charge in [0.2, 0.25) is 0 Å². The second-order valence-electron chi connectivity index (χ2n) is 5.15. The maximum Gasteiger partial charge on any atom is 0.335 e. The topological polar surface area (TPSA) is 96.4 Å². The first-order chi connectivity index (χ1) is 9.21. The summed E-state index contributed by atoms with van der Waals surface area (Å²) in [6.45, 7) is 5.84. The number of nitrogens with one attached hydrogen (secondary N) is 1. The average molecular weight is 298 g/mol. The van der Waals surface area contributed by atoms with Gasteiger partial charge in [-0.2, -0.15) is 0 Å². The molecule has 0 aliphatic carbocycles. The number of carboxylic acids is 1. The Morgan fingerprint density at radius 2 is 2.05 bits per heavy atom. The maximum atomic E-state index is 11.8. The fourth-order valence-corrected chi connectivity index (χ4v) is 2.24. The summed E-state index contributed by atoms with van der Waals surface area (Å²) in [5, 5.41) is 11.4. The highest BCUT2D eigenvalue weighted by atomic mass is 32.2. The zero-order valence-electron chi connectivity index (χ0n) is 11.7. The Morgan fingerprint density at radius 1 is 1.40 bits per heavy atom. The molecular formula is C13H18N2O4S. The summed E-state index contributed by atoms with van der Waals surface area (Å²) in [5.41, 5.74) is 0.0369. The van der Waals surface area contributed by atoms with Crippen molar-refractivity contribution in [1.82, 2.24) is 10.3 Å². The number of pyridine rings is 1. The number of carbonyl (C=O) groups excluding carboxylic acids is 1. The molecule has 6 nitrogen and oxygen atoms in total. The standard InChI is InChI=1S/C13H18N2O4S/c1-13(2,3)20(19)7-6-15-11(16)10-8-9(12(17)18)4-5-14-10/h4-5,8H,6-7H2,1-3H3,(H,15,16)(H,17,18). The van der Waals surface area contributed by atoms with Crippen LogP contribution in [0, 0.1) is 0 Å². The van der Waals surface area contributed by atoms with Gasteiger partial charge in [0.15, 0.2) is 0 Å². The first-order valence-electron chi connectivity index (χ1n) is 6.08. The van der Waals surface area contributed by atoms with Crippen LogP contribution in [0.3, 0.4) is 0 Å². The zero-order valence-corrected chi connectivity index (χ0v) is 12.5. The van der Waals surface area contributed by atoms with Crippen molar-refractivity contribution in [2.75, 3.05) is 12.3 Å². The van der Waals surface area contributed by atoms with E-state index in [1.165, 1.54) is 18.3 Å². The van der Waals surface area contributed by atoms with Gasteiger partial charge in [-0.3, -0.25) is 14.0 Å². The molecule has 0 aromatic carbocycles. The van der Waals surface area contributed by atoms with Crippen molar-refractivity contribution in [2.45, 2.75) is 25.5 Å². The highest BCUT2D eigenvalue weighted by Gasteiger charge is 2.19. The van der Waals surface area contributed by atoms with Crippen LogP contribution < -0.4 is 5.32 Å². The number of carboxylic acid groups (broad SMARTS) is 1. The lowest BCUT2D eigenvalue weighted by atomic mass is 10.2. The number of hydrogen-bond acceptors (Lipinski definition) is 4. The monoisotopic (exact) mass is 298 g/mol. The molecule has 0 bridgehead atoms. The van der Waals surface area contributed by atoms with Crippen LogP contribution in [0.1, 0.15) is 41.6 Å². The molecule has 0 spiro atoms. The Balaban J connectivity index is 2.58. The highest BCUT2D eigenvalue weighted by molar-refractivity contribution is 7.86. The molecule has 1 heterocycles. The zero-order chi connectivity index (χ0) is 15.3. The van der Waals surface area contributed by atoms with Crippen LogP contribution >= 0.6 is 0 Å². The van der Waals surface area contributed by atoms with Crippen LogP contribution in [0.15, 0.2) is 18.3 Å². The number of hydrogen-bond donors (Lipinski definition) is 2. The van der Waals surface area contributed by atoms with Crippen molar-refractivity contribution in [1.29, 1.82) is 0 Å². The Labute approximate surface area is 120 Å². The molecule has 2 N–H and O–H groups in total. The van der Waals surface area contributed by atoms with Gasteiger partial charge >= 0.3 is 5.97 Å². The molecule has 0 saturated heterocycles. The molecule has 0 aliphatic heterocycles. The predicted octanol–water partition coefficient (Wildman–Crippen LogP) is 1.06. The van der Waals surface area contributed by atoms with Crippen LogP contribution in [0.4, 0.5) is 0 Å². The molecule has 0 saturated carbocycles. The molecule has 1 unspecified atom stereocenters. The number of nitrogens with zero attached hydrogens (tertiary/aromatic N) is 1. The van der Waals surface area contributed by atoms with E-state index in [2.05, 4.69) is 10.3 Å². The third-order valence-electron chi connectivity index (χ3n) is 2.50. The molecule has 7 heteroatoms. The largest absolute Gasteiger partial charge is 0.478 e. The van der Waals surface area contributed by atoms with Gasteiger partial charge in [-0.05, 0) is 32.9 Å². The van der Waals surface area contributed by atoms with E-state index in [1.54, 1.807) is 0 Å². The molecule has 0 fully saturated rings. The second kappa shape index (κ2) is 6.60. The average Bonchev–Trinajstić information content (AvgIpc) is 2.37. The van der Waals surface area contributed by atoms with E-state index in [1.807, 2.05) is 20.8 Å². The van der Waals surface area contributed by atoms with Crippen molar-refractivity contribution in [3.8, 4) is 0 Å². The van der Waals surface area contributed by atoms with Crippen LogP contribution in [0.2, 0.25) is 0 Å². The smallest absolute Gasteiger partial charge is 0.335 e. The van der Waals surface area contributed by atoms with Crippen LogP contribution in [0.5, 0.6) is 0 Å². The lowest BCUT2D eigenvalue weighted by molar-refractivity contribution is 0.0696. The van der Waals surface area contributed by atoms with E-state index in [0.717, 1.165) is 0 Å². The lowest BCUT2D eigenvalue weighted by Crippen LogP contribution is -2.33. The molecule has 1 atom stereocenters. The molecule has 110 valence electrons. The van der Waals surface area contributed by atoms with Crippen LogP contribution in [0.25, 0.3) is 0 Å². The molecular weight excluding hydrogens is 280 g/mol. The highest BCUT2D eigenvalue weighted by Crippen LogP contribution is 2.10. The summed E-state index contributed by atoms with van der Waals surface area (Å²) in [4.78, 5) is 26.4. The van der Waals surface area contributed by atoms with Crippen molar-refractivity contribution in [3.63, 3.8) is 0 Å². The number of carbonyl (C=O) groups is 2. The third-order valence-corrected chi connectivity index (χ3v) is 4.44. The van der Waals surface area contributed by atoms with Gasteiger partial charge in [-0.15, -0.1) is 0 Å². The molecule has 1 aromatic heterocycles. The first kappa shape index (κ1) is 16.3. The molecule has 1 amide bonds. The predicted molar refractivity (Wildman–Crippen MR) is 76.3 cm³/mol. The van der Waals surface area contributed by atoms with Gasteiger partial charge in [0.1, 0.15) is 5.69 Å². The maximum absolute atomic E-state index is 11.8. The molecule has 0 radical (unpaired) electrons. The fourth-order valence-electron chi connectivity index (χ4n) is 1.34. The van der Waals surface area contributed by atoms with Crippen LogP contribution in [-0.2, 0) is 10.8 Å². The van der Waals surface area contributed by atoms with E-state index in [-0.39, 0.29) is 22.5 Å². The Bertz CT molecular complexity index is 537. The summed E-state index contributed by atoms with van der Waals surface area (Å²) >= 11 is 0. The van der Waals surface area contributed by atoms with E-state index in [9.17, 15) is 13.8 Å².